The van der Waals surface area contributed by atoms with Crippen molar-refractivity contribution in [1.82, 2.24) is 9.80 Å². The highest BCUT2D eigenvalue weighted by atomic mass is 32.2. The lowest BCUT2D eigenvalue weighted by atomic mass is 9.81. The number of rotatable bonds is 6. The highest BCUT2D eigenvalue weighted by molar-refractivity contribution is 7.91. The van der Waals surface area contributed by atoms with Gasteiger partial charge in [-0.2, -0.15) is 0 Å². The van der Waals surface area contributed by atoms with Crippen LogP contribution >= 0.6 is 0 Å². The molecule has 2 N–H and O–H groups in total. The summed E-state index contributed by atoms with van der Waals surface area (Å²) in [5.74, 6) is 0.144. The minimum absolute atomic E-state index is 0.00591. The Morgan fingerprint density at radius 3 is 2.32 bits per heavy atom. The Hall–Kier alpha value is -0.660. The van der Waals surface area contributed by atoms with Crippen LogP contribution in [0.4, 0.5) is 0 Å². The number of amides is 1. The van der Waals surface area contributed by atoms with Gasteiger partial charge in [-0.05, 0) is 66.3 Å². The third-order valence-electron chi connectivity index (χ3n) is 6.15. The Morgan fingerprint density at radius 2 is 1.84 bits per heavy atom. The lowest BCUT2D eigenvalue weighted by Gasteiger charge is -2.44. The van der Waals surface area contributed by atoms with Gasteiger partial charge in [0, 0.05) is 24.7 Å². The Labute approximate surface area is 153 Å². The van der Waals surface area contributed by atoms with E-state index < -0.39 is 15.9 Å². The van der Waals surface area contributed by atoms with Gasteiger partial charge in [0.2, 0.25) is 5.91 Å². The van der Waals surface area contributed by atoms with Crippen LogP contribution in [0.2, 0.25) is 0 Å². The van der Waals surface area contributed by atoms with Gasteiger partial charge in [0.25, 0.3) is 0 Å². The van der Waals surface area contributed by atoms with Crippen LogP contribution in [0.1, 0.15) is 53.4 Å². The molecule has 1 aliphatic heterocycles. The molecule has 2 rings (SSSR count). The minimum Gasteiger partial charge on any atom is -0.338 e. The SMILES string of the molecule is CC(C)N(C)[C@@H]1CC[C@H](N2CC[C@H](N)C2=O)[C@@H](CS(=O)(=O)C(C)C)C1. The summed E-state index contributed by atoms with van der Waals surface area (Å²) in [6, 6.07) is 0.380. The second-order valence-corrected chi connectivity index (χ2v) is 11.0. The topological polar surface area (TPSA) is 83.7 Å². The third kappa shape index (κ3) is 4.55. The van der Waals surface area contributed by atoms with Gasteiger partial charge in [0.05, 0.1) is 17.0 Å². The summed E-state index contributed by atoms with van der Waals surface area (Å²) >= 11 is 0. The highest BCUT2D eigenvalue weighted by Gasteiger charge is 2.43. The van der Waals surface area contributed by atoms with Gasteiger partial charge in [-0.15, -0.1) is 0 Å². The molecule has 2 aliphatic rings. The zero-order chi connectivity index (χ0) is 18.9. The van der Waals surface area contributed by atoms with Crippen LogP contribution in [0.5, 0.6) is 0 Å². The second kappa shape index (κ2) is 7.92. The molecule has 4 atom stereocenters. The van der Waals surface area contributed by atoms with Crippen LogP contribution in [0.3, 0.4) is 0 Å². The normalized spacial score (nSPS) is 31.6. The minimum atomic E-state index is -3.15. The maximum Gasteiger partial charge on any atom is 0.239 e. The number of sulfone groups is 1. The summed E-state index contributed by atoms with van der Waals surface area (Å²) in [6.07, 6.45) is 3.35. The van der Waals surface area contributed by atoms with Crippen LogP contribution in [-0.4, -0.2) is 72.9 Å². The molecule has 1 aliphatic carbocycles. The second-order valence-electron chi connectivity index (χ2n) is 8.36. The maximum absolute atomic E-state index is 12.6. The molecule has 7 heteroatoms. The van der Waals surface area contributed by atoms with Crippen LogP contribution in [0.25, 0.3) is 0 Å². The molecule has 0 bridgehead atoms. The van der Waals surface area contributed by atoms with Crippen molar-refractivity contribution in [1.29, 1.82) is 0 Å². The van der Waals surface area contributed by atoms with Crippen molar-refractivity contribution >= 4 is 15.7 Å². The molecule has 1 saturated carbocycles. The van der Waals surface area contributed by atoms with E-state index >= 15 is 0 Å². The van der Waals surface area contributed by atoms with Gasteiger partial charge < -0.3 is 15.5 Å². The fourth-order valence-electron chi connectivity index (χ4n) is 4.15. The number of carbonyl (C=O) groups is 1. The van der Waals surface area contributed by atoms with Crippen molar-refractivity contribution < 1.29 is 13.2 Å². The van der Waals surface area contributed by atoms with Crippen LogP contribution in [-0.2, 0) is 14.6 Å². The first-order valence-electron chi connectivity index (χ1n) is 9.54. The molecule has 0 aromatic rings. The monoisotopic (exact) mass is 373 g/mol. The Bertz CT molecular complexity index is 576. The van der Waals surface area contributed by atoms with Crippen molar-refractivity contribution in [3.05, 3.63) is 0 Å². The highest BCUT2D eigenvalue weighted by Crippen LogP contribution is 2.35. The fourth-order valence-corrected chi connectivity index (χ4v) is 5.49. The standard InChI is InChI=1S/C18H35N3O3S/c1-12(2)20(5)15-6-7-17(21-9-8-16(19)18(21)22)14(10-15)11-25(23,24)13(3)4/h12-17H,6-11,19H2,1-5H3/t14-,15-,16+,17+/m1/s1. The van der Waals surface area contributed by atoms with Crippen molar-refractivity contribution in [2.24, 2.45) is 11.7 Å². The number of hydrogen-bond acceptors (Lipinski definition) is 5. The summed E-state index contributed by atoms with van der Waals surface area (Å²) < 4.78 is 25.1. The van der Waals surface area contributed by atoms with Crippen molar-refractivity contribution in [3.63, 3.8) is 0 Å². The Morgan fingerprint density at radius 1 is 1.20 bits per heavy atom. The molecular formula is C18H35N3O3S. The van der Waals surface area contributed by atoms with Gasteiger partial charge in [-0.25, -0.2) is 8.42 Å². The van der Waals surface area contributed by atoms with Crippen LogP contribution in [0, 0.1) is 5.92 Å². The Balaban J connectivity index is 2.21. The van der Waals surface area contributed by atoms with E-state index in [0.29, 0.717) is 25.0 Å². The lowest BCUT2D eigenvalue weighted by molar-refractivity contribution is -0.132. The van der Waals surface area contributed by atoms with E-state index in [1.165, 1.54) is 0 Å². The maximum atomic E-state index is 12.6. The van der Waals surface area contributed by atoms with Gasteiger partial charge >= 0.3 is 0 Å². The molecule has 2 fully saturated rings. The molecule has 25 heavy (non-hydrogen) atoms. The van der Waals surface area contributed by atoms with Crippen LogP contribution in [0.15, 0.2) is 0 Å². The van der Waals surface area contributed by atoms with Crippen LogP contribution < -0.4 is 5.73 Å². The zero-order valence-corrected chi connectivity index (χ0v) is 17.1. The molecule has 1 amide bonds. The van der Waals surface area contributed by atoms with E-state index in [9.17, 15) is 13.2 Å². The molecule has 6 nitrogen and oxygen atoms in total. The first-order valence-corrected chi connectivity index (χ1v) is 11.3. The summed E-state index contributed by atoms with van der Waals surface area (Å²) in [5.41, 5.74) is 5.89. The smallest absolute Gasteiger partial charge is 0.239 e. The predicted octanol–water partition coefficient (Wildman–Crippen LogP) is 1.25. The van der Waals surface area contributed by atoms with Gasteiger partial charge in [0.1, 0.15) is 0 Å². The molecular weight excluding hydrogens is 338 g/mol. The van der Waals surface area contributed by atoms with E-state index in [4.69, 9.17) is 5.73 Å². The zero-order valence-electron chi connectivity index (χ0n) is 16.3. The van der Waals surface area contributed by atoms with Gasteiger partial charge in [0.15, 0.2) is 9.84 Å². The lowest BCUT2D eigenvalue weighted by Crippen LogP contribution is -2.52. The number of carbonyl (C=O) groups excluding carboxylic acids is 1. The van der Waals surface area contributed by atoms with E-state index in [1.54, 1.807) is 13.8 Å². The van der Waals surface area contributed by atoms with Crippen molar-refractivity contribution in [2.45, 2.75) is 82.8 Å². The van der Waals surface area contributed by atoms with Gasteiger partial charge in [-0.3, -0.25) is 4.79 Å². The summed E-state index contributed by atoms with van der Waals surface area (Å²) in [4.78, 5) is 16.6. The number of hydrogen-bond donors (Lipinski definition) is 1. The first-order chi connectivity index (χ1) is 11.5. The first kappa shape index (κ1) is 20.6. The van der Waals surface area contributed by atoms with E-state index in [2.05, 4.69) is 25.8 Å². The number of likely N-dealkylation sites (tertiary alicyclic amines) is 1. The predicted molar refractivity (Wildman–Crippen MR) is 101 cm³/mol. The summed E-state index contributed by atoms with van der Waals surface area (Å²) in [7, 11) is -1.04. The average molecular weight is 374 g/mol. The van der Waals surface area contributed by atoms with E-state index in [0.717, 1.165) is 19.3 Å². The molecule has 1 saturated heterocycles. The molecule has 0 unspecified atom stereocenters. The van der Waals surface area contributed by atoms with E-state index in [-0.39, 0.29) is 28.9 Å². The van der Waals surface area contributed by atoms with Gasteiger partial charge in [-0.1, -0.05) is 0 Å². The Kier molecular flexibility index (Phi) is 6.55. The molecule has 0 aromatic heterocycles. The average Bonchev–Trinajstić information content (AvgIpc) is 2.85. The largest absolute Gasteiger partial charge is 0.338 e. The third-order valence-corrected chi connectivity index (χ3v) is 8.48. The van der Waals surface area contributed by atoms with Crippen molar-refractivity contribution in [2.75, 3.05) is 19.3 Å². The summed E-state index contributed by atoms with van der Waals surface area (Å²) in [5, 5.41) is -0.382. The summed E-state index contributed by atoms with van der Waals surface area (Å²) in [6.45, 7) is 8.46. The molecule has 0 aromatic carbocycles. The fraction of sp³-hybridized carbons (Fsp3) is 0.944. The number of nitrogens with two attached hydrogens (primary N) is 1. The van der Waals surface area contributed by atoms with E-state index in [1.807, 2.05) is 4.90 Å². The quantitative estimate of drug-likeness (QED) is 0.757. The molecule has 146 valence electrons. The molecule has 0 radical (unpaired) electrons. The van der Waals surface area contributed by atoms with Crippen molar-refractivity contribution in [3.8, 4) is 0 Å². The molecule has 1 heterocycles. The number of nitrogens with zero attached hydrogens (tertiary/aromatic N) is 2. The molecule has 0 spiro atoms.